The largest absolute Gasteiger partial charge is 0.327 e. The normalized spacial score (nSPS) is 9.60. The molecule has 0 saturated heterocycles. The number of hydrogen-bond acceptors (Lipinski definition) is 3. The number of aromatic nitrogens is 1. The van der Waals surface area contributed by atoms with Gasteiger partial charge in [0.1, 0.15) is 5.82 Å². The average molecular weight is 472 g/mol. The van der Waals surface area contributed by atoms with Gasteiger partial charge in [0.15, 0.2) is 0 Å². The minimum Gasteiger partial charge on any atom is -0.327 e. The number of nitrogens with two attached hydrogens (primary N) is 1. The second-order valence-electron chi connectivity index (χ2n) is 8.14. The summed E-state index contributed by atoms with van der Waals surface area (Å²) in [4.78, 5) is 4.84. The second kappa shape index (κ2) is 17.0. The summed E-state index contributed by atoms with van der Waals surface area (Å²) in [5, 5.41) is 9.36. The lowest BCUT2D eigenvalue weighted by atomic mass is 9.98. The molecule has 1 heterocycles. The molecular formula is C31H38FN3. The van der Waals surface area contributed by atoms with Crippen LogP contribution in [0.15, 0.2) is 79.9 Å². The highest BCUT2D eigenvalue weighted by molar-refractivity contribution is 5.70. The molecule has 0 spiro atoms. The predicted molar refractivity (Wildman–Crippen MR) is 147 cm³/mol. The molecule has 0 bridgehead atoms. The molecule has 0 saturated carbocycles. The van der Waals surface area contributed by atoms with Gasteiger partial charge in [-0.25, -0.2) is 4.39 Å². The summed E-state index contributed by atoms with van der Waals surface area (Å²) in [5.74, 6) is -0.205. The molecule has 0 radical (unpaired) electrons. The number of pyridine rings is 1. The monoisotopic (exact) mass is 471 g/mol. The summed E-state index contributed by atoms with van der Waals surface area (Å²) >= 11 is 0. The Morgan fingerprint density at radius 1 is 1.06 bits per heavy atom. The fraction of sp³-hybridized carbons (Fsp3) is 0.290. The first-order valence-electron chi connectivity index (χ1n) is 12.1. The van der Waals surface area contributed by atoms with Crippen LogP contribution in [0.4, 0.5) is 4.39 Å². The topological polar surface area (TPSA) is 62.7 Å². The summed E-state index contributed by atoms with van der Waals surface area (Å²) in [5.41, 5.74) is 11.1. The van der Waals surface area contributed by atoms with Gasteiger partial charge in [0.2, 0.25) is 0 Å². The first-order chi connectivity index (χ1) is 16.9. The molecule has 1 aromatic heterocycles. The lowest BCUT2D eigenvalue weighted by Crippen LogP contribution is -2.00. The zero-order chi connectivity index (χ0) is 26.1. The molecule has 0 atom stereocenters. The van der Waals surface area contributed by atoms with Crippen molar-refractivity contribution in [1.82, 2.24) is 4.98 Å². The van der Waals surface area contributed by atoms with Crippen LogP contribution >= 0.6 is 0 Å². The number of nitrogens with zero attached hydrogens (tertiary/aromatic N) is 2. The highest BCUT2D eigenvalue weighted by atomic mass is 19.1. The molecule has 0 fully saturated rings. The SMILES string of the molecule is C=C(C)c1ccc(-c2ccccc2C#N)nc1CCCc1cccc(F)c1.C=CCN.CCCC. The maximum atomic E-state index is 13.3. The van der Waals surface area contributed by atoms with E-state index in [1.54, 1.807) is 24.3 Å². The van der Waals surface area contributed by atoms with Crippen molar-refractivity contribution in [3.8, 4) is 17.3 Å². The Labute approximate surface area is 210 Å². The van der Waals surface area contributed by atoms with E-state index in [2.05, 4.69) is 33.1 Å². The Morgan fingerprint density at radius 3 is 2.31 bits per heavy atom. The molecule has 0 unspecified atom stereocenters. The van der Waals surface area contributed by atoms with E-state index in [9.17, 15) is 9.65 Å². The van der Waals surface area contributed by atoms with Crippen LogP contribution < -0.4 is 5.73 Å². The van der Waals surface area contributed by atoms with Gasteiger partial charge in [-0.05, 0) is 67.2 Å². The van der Waals surface area contributed by atoms with Crippen molar-refractivity contribution in [2.45, 2.75) is 52.9 Å². The van der Waals surface area contributed by atoms with Crippen molar-refractivity contribution in [1.29, 1.82) is 5.26 Å². The number of unbranched alkanes of at least 4 members (excludes halogenated alkanes) is 1. The zero-order valence-electron chi connectivity index (χ0n) is 21.4. The Hall–Kier alpha value is -3.55. The molecule has 0 amide bonds. The minimum absolute atomic E-state index is 0.205. The lowest BCUT2D eigenvalue weighted by molar-refractivity contribution is 0.624. The molecule has 3 rings (SSSR count). The molecule has 2 aromatic carbocycles. The van der Waals surface area contributed by atoms with Gasteiger partial charge in [0, 0.05) is 17.8 Å². The number of aryl methyl sites for hydroxylation is 2. The molecule has 2 N–H and O–H groups in total. The van der Waals surface area contributed by atoms with Crippen LogP contribution in [0.2, 0.25) is 0 Å². The van der Waals surface area contributed by atoms with Crippen LogP contribution in [0.25, 0.3) is 16.8 Å². The Kier molecular flexibility index (Phi) is 14.3. The van der Waals surface area contributed by atoms with Gasteiger partial charge >= 0.3 is 0 Å². The van der Waals surface area contributed by atoms with Crippen molar-refractivity contribution >= 4 is 5.57 Å². The summed E-state index contributed by atoms with van der Waals surface area (Å²) in [7, 11) is 0. The van der Waals surface area contributed by atoms with Gasteiger partial charge in [-0.3, -0.25) is 4.98 Å². The average Bonchev–Trinajstić information content (AvgIpc) is 2.88. The molecule has 184 valence electrons. The quantitative estimate of drug-likeness (QED) is 0.340. The predicted octanol–water partition coefficient (Wildman–Crippen LogP) is 7.91. The van der Waals surface area contributed by atoms with Crippen molar-refractivity contribution in [3.63, 3.8) is 0 Å². The second-order valence-corrected chi connectivity index (χ2v) is 8.14. The zero-order valence-corrected chi connectivity index (χ0v) is 21.4. The van der Waals surface area contributed by atoms with Gasteiger partial charge in [-0.15, -0.1) is 6.58 Å². The summed E-state index contributed by atoms with van der Waals surface area (Å²) in [6.45, 7) is 14.3. The summed E-state index contributed by atoms with van der Waals surface area (Å²) in [6, 6.07) is 20.4. The maximum absolute atomic E-state index is 13.3. The third kappa shape index (κ3) is 10.5. The van der Waals surface area contributed by atoms with Gasteiger partial charge in [0.25, 0.3) is 0 Å². The van der Waals surface area contributed by atoms with Crippen LogP contribution in [0.5, 0.6) is 0 Å². The summed E-state index contributed by atoms with van der Waals surface area (Å²) in [6.07, 6.45) is 6.70. The van der Waals surface area contributed by atoms with Gasteiger partial charge in [-0.2, -0.15) is 5.26 Å². The number of allylic oxidation sites excluding steroid dienone is 1. The number of rotatable bonds is 8. The van der Waals surface area contributed by atoms with Crippen LogP contribution in [-0.4, -0.2) is 11.5 Å². The maximum Gasteiger partial charge on any atom is 0.123 e. The molecular weight excluding hydrogens is 433 g/mol. The van der Waals surface area contributed by atoms with Gasteiger partial charge < -0.3 is 5.73 Å². The third-order valence-corrected chi connectivity index (χ3v) is 5.19. The lowest BCUT2D eigenvalue weighted by Gasteiger charge is -2.12. The molecule has 4 heteroatoms. The van der Waals surface area contributed by atoms with Crippen molar-refractivity contribution in [2.24, 2.45) is 5.73 Å². The van der Waals surface area contributed by atoms with E-state index < -0.39 is 0 Å². The standard InChI is InChI=1S/C24H21FN2.C4H10.C3H7N/c1-17(2)21-13-14-24(22-11-4-3-9-19(22)16-26)27-23(21)12-6-8-18-7-5-10-20(25)15-18;1-3-4-2;1-2-3-4/h3-5,7,9-11,13-15H,1,6,8,12H2,2H3;3-4H2,1-2H3;2H,1,3-4H2. The van der Waals surface area contributed by atoms with Crippen molar-refractivity contribution < 1.29 is 4.39 Å². The number of hydrogen-bond donors (Lipinski definition) is 1. The van der Waals surface area contributed by atoms with Gasteiger partial charge in [-0.1, -0.05) is 75.7 Å². The van der Waals surface area contributed by atoms with E-state index in [0.717, 1.165) is 52.9 Å². The first kappa shape index (κ1) is 29.5. The third-order valence-electron chi connectivity index (χ3n) is 5.19. The Bertz CT molecular complexity index is 1110. The van der Waals surface area contributed by atoms with Crippen LogP contribution in [-0.2, 0) is 12.8 Å². The number of benzene rings is 2. The molecule has 35 heavy (non-hydrogen) atoms. The molecule has 0 aliphatic carbocycles. The van der Waals surface area contributed by atoms with Crippen molar-refractivity contribution in [3.05, 3.63) is 108 Å². The summed E-state index contributed by atoms with van der Waals surface area (Å²) < 4.78 is 13.3. The highest BCUT2D eigenvalue weighted by Gasteiger charge is 2.11. The van der Waals surface area contributed by atoms with E-state index in [0.29, 0.717) is 12.1 Å². The van der Waals surface area contributed by atoms with Gasteiger partial charge in [0.05, 0.1) is 17.3 Å². The molecule has 3 aromatic rings. The Morgan fingerprint density at radius 2 is 1.74 bits per heavy atom. The minimum atomic E-state index is -0.205. The number of halogens is 1. The number of nitriles is 1. The van der Waals surface area contributed by atoms with E-state index in [1.807, 2.05) is 43.3 Å². The fourth-order valence-electron chi connectivity index (χ4n) is 3.19. The van der Waals surface area contributed by atoms with E-state index in [4.69, 9.17) is 10.7 Å². The smallest absolute Gasteiger partial charge is 0.123 e. The fourth-order valence-corrected chi connectivity index (χ4v) is 3.19. The van der Waals surface area contributed by atoms with Crippen LogP contribution in [0.3, 0.4) is 0 Å². The van der Waals surface area contributed by atoms with Crippen molar-refractivity contribution in [2.75, 3.05) is 6.54 Å². The van der Waals surface area contributed by atoms with E-state index in [1.165, 1.54) is 18.9 Å². The first-order valence-corrected chi connectivity index (χ1v) is 12.1. The van der Waals surface area contributed by atoms with Crippen LogP contribution in [0.1, 0.15) is 62.4 Å². The Balaban J connectivity index is 0.000000668. The van der Waals surface area contributed by atoms with Crippen LogP contribution in [0, 0.1) is 17.1 Å². The highest BCUT2D eigenvalue weighted by Crippen LogP contribution is 2.26. The molecule has 3 nitrogen and oxygen atoms in total. The molecule has 0 aliphatic rings. The van der Waals surface area contributed by atoms with E-state index >= 15 is 0 Å². The molecule has 0 aliphatic heterocycles. The van der Waals surface area contributed by atoms with E-state index in [-0.39, 0.29) is 5.82 Å².